The Kier molecular flexibility index (Phi) is 5.48. The summed E-state index contributed by atoms with van der Waals surface area (Å²) in [7, 11) is 0. The van der Waals surface area contributed by atoms with E-state index in [2.05, 4.69) is 16.0 Å². The van der Waals surface area contributed by atoms with E-state index in [1.807, 2.05) is 0 Å². The number of primary amides is 1. The fourth-order valence-electron chi connectivity index (χ4n) is 6.04. The van der Waals surface area contributed by atoms with Gasteiger partial charge in [0.25, 0.3) is 0 Å². The SMILES string of the molecule is NC(=O)Cc1ccccc1NC(=O)CCNC(=O)NC12CC3CC(CC(C3)C1)C2. The van der Waals surface area contributed by atoms with Gasteiger partial charge in [-0.15, -0.1) is 0 Å². The maximum Gasteiger partial charge on any atom is 0.315 e. The summed E-state index contributed by atoms with van der Waals surface area (Å²) in [6.07, 6.45) is 7.54. The van der Waals surface area contributed by atoms with Crippen LogP contribution in [0.2, 0.25) is 0 Å². The second-order valence-electron chi connectivity index (χ2n) is 9.18. The van der Waals surface area contributed by atoms with Crippen LogP contribution in [0.25, 0.3) is 0 Å². The lowest BCUT2D eigenvalue weighted by Crippen LogP contribution is -2.61. The van der Waals surface area contributed by atoms with Crippen molar-refractivity contribution >= 4 is 23.5 Å². The standard InChI is InChI=1S/C22H30N4O3/c23-19(27)10-17-3-1-2-4-18(17)25-20(28)5-6-24-21(29)26-22-11-14-7-15(12-22)9-16(8-14)13-22/h1-4,14-16H,5-13H2,(H2,23,27)(H,25,28)(H2,24,26,29). The van der Waals surface area contributed by atoms with Crippen LogP contribution in [0.5, 0.6) is 0 Å². The highest BCUT2D eigenvalue weighted by Crippen LogP contribution is 2.55. The zero-order chi connectivity index (χ0) is 20.4. The van der Waals surface area contributed by atoms with Gasteiger partial charge in [-0.1, -0.05) is 18.2 Å². The van der Waals surface area contributed by atoms with Gasteiger partial charge in [0.05, 0.1) is 6.42 Å². The van der Waals surface area contributed by atoms with Crippen LogP contribution < -0.4 is 21.7 Å². The maximum atomic E-state index is 12.4. The minimum Gasteiger partial charge on any atom is -0.369 e. The van der Waals surface area contributed by atoms with Crippen molar-refractivity contribution in [1.29, 1.82) is 0 Å². The van der Waals surface area contributed by atoms with Crippen molar-refractivity contribution in [2.45, 2.75) is 56.9 Å². The summed E-state index contributed by atoms with van der Waals surface area (Å²) in [5.74, 6) is 1.65. The van der Waals surface area contributed by atoms with Crippen LogP contribution in [-0.4, -0.2) is 29.9 Å². The van der Waals surface area contributed by atoms with Crippen LogP contribution in [0.4, 0.5) is 10.5 Å². The number of nitrogens with one attached hydrogen (secondary N) is 3. The molecule has 4 bridgehead atoms. The third-order valence-electron chi connectivity index (χ3n) is 6.71. The lowest BCUT2D eigenvalue weighted by Gasteiger charge is -2.56. The summed E-state index contributed by atoms with van der Waals surface area (Å²) in [6, 6.07) is 6.91. The number of nitrogens with two attached hydrogens (primary N) is 1. The van der Waals surface area contributed by atoms with Crippen LogP contribution in [0.15, 0.2) is 24.3 Å². The van der Waals surface area contributed by atoms with Gasteiger partial charge in [-0.05, 0) is 67.9 Å². The highest BCUT2D eigenvalue weighted by molar-refractivity contribution is 5.92. The Morgan fingerprint density at radius 2 is 1.62 bits per heavy atom. The van der Waals surface area contributed by atoms with Gasteiger partial charge in [0.15, 0.2) is 0 Å². The second-order valence-corrected chi connectivity index (χ2v) is 9.18. The molecule has 0 radical (unpaired) electrons. The quantitative estimate of drug-likeness (QED) is 0.565. The zero-order valence-electron chi connectivity index (χ0n) is 16.7. The Labute approximate surface area is 171 Å². The number of para-hydroxylation sites is 1. The summed E-state index contributed by atoms with van der Waals surface area (Å²) in [5.41, 5.74) is 6.48. The van der Waals surface area contributed by atoms with Crippen molar-refractivity contribution in [2.24, 2.45) is 23.5 Å². The molecule has 156 valence electrons. The lowest BCUT2D eigenvalue weighted by atomic mass is 9.53. The second kappa shape index (κ2) is 8.05. The van der Waals surface area contributed by atoms with Crippen molar-refractivity contribution in [3.63, 3.8) is 0 Å². The lowest BCUT2D eigenvalue weighted by molar-refractivity contribution is -0.118. The molecule has 0 aliphatic heterocycles. The molecule has 4 amide bonds. The molecule has 7 nitrogen and oxygen atoms in total. The number of hydrogen-bond donors (Lipinski definition) is 4. The summed E-state index contributed by atoms with van der Waals surface area (Å²) in [6.45, 7) is 0.266. The van der Waals surface area contributed by atoms with Gasteiger partial charge in [0, 0.05) is 24.2 Å². The number of hydrogen-bond acceptors (Lipinski definition) is 3. The Bertz CT molecular complexity index is 772. The van der Waals surface area contributed by atoms with Gasteiger partial charge in [-0.2, -0.15) is 0 Å². The first-order chi connectivity index (χ1) is 13.9. The fraction of sp³-hybridized carbons (Fsp3) is 0.591. The van der Waals surface area contributed by atoms with Crippen LogP contribution >= 0.6 is 0 Å². The number of benzene rings is 1. The molecule has 4 aliphatic rings. The highest BCUT2D eigenvalue weighted by Gasteiger charge is 2.51. The van der Waals surface area contributed by atoms with Gasteiger partial charge >= 0.3 is 6.03 Å². The highest BCUT2D eigenvalue weighted by atomic mass is 16.2. The zero-order valence-corrected chi connectivity index (χ0v) is 16.7. The molecule has 0 aromatic heterocycles. The van der Waals surface area contributed by atoms with Crippen molar-refractivity contribution in [1.82, 2.24) is 10.6 Å². The molecule has 1 aromatic carbocycles. The molecule has 5 N–H and O–H groups in total. The molecule has 1 aromatic rings. The molecule has 0 atom stereocenters. The third kappa shape index (κ3) is 4.71. The number of anilines is 1. The van der Waals surface area contributed by atoms with Gasteiger partial charge in [0.1, 0.15) is 0 Å². The fourth-order valence-corrected chi connectivity index (χ4v) is 6.04. The predicted molar refractivity (Wildman–Crippen MR) is 110 cm³/mol. The summed E-state index contributed by atoms with van der Waals surface area (Å²) in [5, 5.41) is 8.88. The molecule has 4 saturated carbocycles. The van der Waals surface area contributed by atoms with E-state index in [4.69, 9.17) is 5.73 Å². The molecule has 4 aliphatic carbocycles. The smallest absolute Gasteiger partial charge is 0.315 e. The first kappa shape index (κ1) is 19.7. The molecule has 5 rings (SSSR count). The van der Waals surface area contributed by atoms with Gasteiger partial charge in [-0.3, -0.25) is 9.59 Å². The molecule has 4 fully saturated rings. The monoisotopic (exact) mass is 398 g/mol. The van der Waals surface area contributed by atoms with Crippen LogP contribution in [-0.2, 0) is 16.0 Å². The molecule has 7 heteroatoms. The molecule has 0 saturated heterocycles. The largest absolute Gasteiger partial charge is 0.369 e. The Morgan fingerprint density at radius 1 is 1.00 bits per heavy atom. The van der Waals surface area contributed by atoms with E-state index in [-0.39, 0.29) is 36.9 Å². The average Bonchev–Trinajstić information content (AvgIpc) is 2.61. The van der Waals surface area contributed by atoms with E-state index in [1.54, 1.807) is 24.3 Å². The first-order valence-electron chi connectivity index (χ1n) is 10.6. The van der Waals surface area contributed by atoms with E-state index < -0.39 is 5.91 Å². The van der Waals surface area contributed by atoms with Gasteiger partial charge in [0.2, 0.25) is 11.8 Å². The predicted octanol–water partition coefficient (Wildman–Crippen LogP) is 2.31. The number of carbonyl (C=O) groups is 3. The minimum absolute atomic E-state index is 0.0329. The van der Waals surface area contributed by atoms with E-state index in [1.165, 1.54) is 19.3 Å². The van der Waals surface area contributed by atoms with Crippen molar-refractivity contribution in [3.05, 3.63) is 29.8 Å². The van der Waals surface area contributed by atoms with Crippen molar-refractivity contribution in [3.8, 4) is 0 Å². The number of carbonyl (C=O) groups excluding carboxylic acids is 3. The molecule has 0 heterocycles. The average molecular weight is 399 g/mol. The normalized spacial score (nSPS) is 29.3. The third-order valence-corrected chi connectivity index (χ3v) is 6.71. The maximum absolute atomic E-state index is 12.4. The van der Waals surface area contributed by atoms with E-state index >= 15 is 0 Å². The molecule has 0 spiro atoms. The Balaban J connectivity index is 1.23. The topological polar surface area (TPSA) is 113 Å². The first-order valence-corrected chi connectivity index (χ1v) is 10.6. The number of amides is 4. The summed E-state index contributed by atoms with van der Waals surface area (Å²) >= 11 is 0. The van der Waals surface area contributed by atoms with Crippen LogP contribution in [0.3, 0.4) is 0 Å². The number of rotatable bonds is 7. The molecule has 29 heavy (non-hydrogen) atoms. The van der Waals surface area contributed by atoms with E-state index in [0.29, 0.717) is 11.3 Å². The minimum atomic E-state index is -0.449. The van der Waals surface area contributed by atoms with E-state index in [0.717, 1.165) is 37.0 Å². The van der Waals surface area contributed by atoms with Crippen LogP contribution in [0.1, 0.15) is 50.5 Å². The Hall–Kier alpha value is -2.57. The molecular formula is C22H30N4O3. The van der Waals surface area contributed by atoms with Gasteiger partial charge in [-0.25, -0.2) is 4.79 Å². The molecular weight excluding hydrogens is 368 g/mol. The Morgan fingerprint density at radius 3 is 2.24 bits per heavy atom. The van der Waals surface area contributed by atoms with E-state index in [9.17, 15) is 14.4 Å². The van der Waals surface area contributed by atoms with Gasteiger partial charge < -0.3 is 21.7 Å². The molecule has 0 unspecified atom stereocenters. The summed E-state index contributed by atoms with van der Waals surface area (Å²) in [4.78, 5) is 35.9. The number of urea groups is 1. The van der Waals surface area contributed by atoms with Crippen molar-refractivity contribution < 1.29 is 14.4 Å². The summed E-state index contributed by atoms with van der Waals surface area (Å²) < 4.78 is 0. The van der Waals surface area contributed by atoms with Crippen molar-refractivity contribution in [2.75, 3.05) is 11.9 Å². The van der Waals surface area contributed by atoms with Crippen LogP contribution in [0, 0.1) is 17.8 Å².